The van der Waals surface area contributed by atoms with Gasteiger partial charge in [0.05, 0.1) is 0 Å². The van der Waals surface area contributed by atoms with E-state index in [1.54, 1.807) is 0 Å². The van der Waals surface area contributed by atoms with E-state index in [1.165, 1.54) is 6.92 Å². The summed E-state index contributed by atoms with van der Waals surface area (Å²) in [6.45, 7) is 1.20. The molecule has 0 aromatic carbocycles. The molecule has 0 amide bonds. The summed E-state index contributed by atoms with van der Waals surface area (Å²) in [5, 5.41) is 15.8. The number of aliphatic hydroxyl groups excluding tert-OH is 1. The van der Waals surface area contributed by atoms with Crippen LogP contribution in [0.1, 0.15) is 6.92 Å². The molecule has 0 spiro atoms. The fourth-order valence-electron chi connectivity index (χ4n) is 0. The van der Waals surface area contributed by atoms with Crippen molar-refractivity contribution in [3.63, 3.8) is 0 Å². The Morgan fingerprint density at radius 3 is 1.75 bits per heavy atom. The quantitative estimate of drug-likeness (QED) is 0.704. The summed E-state index contributed by atoms with van der Waals surface area (Å²) in [6.07, 6.45) is -1.23. The number of rotatable bonds is 1. The molecule has 0 heterocycles. The highest BCUT2D eigenvalue weighted by Gasteiger charge is 2.01. The van der Waals surface area contributed by atoms with Crippen LogP contribution in [0.5, 0.6) is 0 Å². The fourth-order valence-corrected chi connectivity index (χ4v) is 0. The molecule has 1 atom stereocenters. The molecule has 0 aromatic heterocycles. The van der Waals surface area contributed by atoms with Gasteiger partial charge < -0.3 is 10.2 Å². The van der Waals surface area contributed by atoms with E-state index in [4.69, 9.17) is 10.2 Å². The van der Waals surface area contributed by atoms with Crippen molar-refractivity contribution in [2.45, 2.75) is 13.0 Å². The second-order valence-corrected chi connectivity index (χ2v) is 1.01. The van der Waals surface area contributed by atoms with Crippen molar-refractivity contribution >= 4 is 43.2 Å². The van der Waals surface area contributed by atoms with Crippen LogP contribution >= 0.6 is 37.2 Å². The van der Waals surface area contributed by atoms with Crippen LogP contribution in [-0.4, -0.2) is 22.3 Å². The first-order valence-corrected chi connectivity index (χ1v) is 7.98. The summed E-state index contributed by atoms with van der Waals surface area (Å²) >= 11 is 4.24. The number of carboxylic acid groups (broad SMARTS) is 1. The Morgan fingerprint density at radius 2 is 1.75 bits per heavy atom. The van der Waals surface area contributed by atoms with Gasteiger partial charge in [0.25, 0.3) is 0 Å². The topological polar surface area (TPSA) is 57.5 Å². The summed E-state index contributed by atoms with van der Waals surface area (Å²) < 4.78 is 0. The zero-order valence-electron chi connectivity index (χ0n) is 4.14. The zero-order valence-corrected chi connectivity index (χ0v) is 8.45. The normalized spacial score (nSPS) is 11.0. The zero-order chi connectivity index (χ0) is 7.15. The summed E-state index contributed by atoms with van der Waals surface area (Å²) in [5.41, 5.74) is 0. The second kappa shape index (κ2) is 7.89. The maximum absolute atomic E-state index is 9.45. The molecular formula is C3H6I2O3. The first kappa shape index (κ1) is 11.7. The molecule has 2 N–H and O–H groups in total. The van der Waals surface area contributed by atoms with E-state index >= 15 is 0 Å². The molecule has 5 heteroatoms. The largest absolute Gasteiger partial charge is 0.479 e. The lowest BCUT2D eigenvalue weighted by Crippen LogP contribution is -2.13. The van der Waals surface area contributed by atoms with Crippen molar-refractivity contribution in [1.82, 2.24) is 0 Å². The predicted octanol–water partition coefficient (Wildman–Crippen LogP) is 1.22. The Hall–Kier alpha value is 0.890. The van der Waals surface area contributed by atoms with Gasteiger partial charge in [-0.15, -0.1) is 0 Å². The molecule has 0 aromatic rings. The molecule has 0 unspecified atom stereocenters. The molecule has 0 aliphatic rings. The van der Waals surface area contributed by atoms with Crippen molar-refractivity contribution in [2.24, 2.45) is 0 Å². The Kier molecular flexibility index (Phi) is 11.5. The monoisotopic (exact) mass is 344 g/mol. The maximum Gasteiger partial charge on any atom is 0.332 e. The Bertz CT molecular complexity index is 63.5. The van der Waals surface area contributed by atoms with Crippen molar-refractivity contribution in [1.29, 1.82) is 0 Å². The van der Waals surface area contributed by atoms with E-state index < -0.39 is 12.1 Å². The number of aliphatic carboxylic acids is 1. The van der Waals surface area contributed by atoms with Gasteiger partial charge in [0.1, 0.15) is 6.10 Å². The molecule has 0 fully saturated rings. The summed E-state index contributed by atoms with van der Waals surface area (Å²) in [5.74, 6) is -1.19. The molecule has 0 saturated carbocycles. The molecule has 0 aliphatic carbocycles. The standard InChI is InChI=1S/C3H6O3.I2/c1-2(4)3(5)6;1-2/h2,4H,1H3,(H,5,6);/t2-;/m1./s1. The van der Waals surface area contributed by atoms with E-state index in [9.17, 15) is 4.79 Å². The van der Waals surface area contributed by atoms with Crippen molar-refractivity contribution in [3.8, 4) is 0 Å². The van der Waals surface area contributed by atoms with Crippen molar-refractivity contribution in [2.75, 3.05) is 0 Å². The Labute approximate surface area is 70.8 Å². The van der Waals surface area contributed by atoms with Gasteiger partial charge >= 0.3 is 5.97 Å². The van der Waals surface area contributed by atoms with Gasteiger partial charge in [-0.05, 0) is 6.92 Å². The molecule has 0 rings (SSSR count). The smallest absolute Gasteiger partial charge is 0.332 e. The van der Waals surface area contributed by atoms with Crippen LogP contribution in [-0.2, 0) is 4.79 Å². The Morgan fingerprint density at radius 1 is 1.62 bits per heavy atom. The minimum absolute atomic E-state index is 1.19. The van der Waals surface area contributed by atoms with E-state index in [0.29, 0.717) is 0 Å². The maximum atomic E-state index is 9.45. The average Bonchev–Trinajstić information content (AvgIpc) is 1.72. The molecule has 0 bridgehead atoms. The van der Waals surface area contributed by atoms with E-state index in [0.717, 1.165) is 0 Å². The highest BCUT2D eigenvalue weighted by Crippen LogP contribution is 1.89. The number of hydrogen-bond donors (Lipinski definition) is 2. The molecule has 0 aliphatic heterocycles. The highest BCUT2D eigenvalue weighted by molar-refractivity contribution is 15.0. The van der Waals surface area contributed by atoms with Gasteiger partial charge in [0.2, 0.25) is 0 Å². The van der Waals surface area contributed by atoms with Gasteiger partial charge in [0.15, 0.2) is 0 Å². The highest BCUT2D eigenvalue weighted by atomic mass is 128. The lowest BCUT2D eigenvalue weighted by Gasteiger charge is -1.89. The predicted molar refractivity (Wildman–Crippen MR) is 47.4 cm³/mol. The van der Waals surface area contributed by atoms with Gasteiger partial charge in [-0.2, -0.15) is 0 Å². The first-order valence-electron chi connectivity index (χ1n) is 1.69. The van der Waals surface area contributed by atoms with E-state index in [-0.39, 0.29) is 0 Å². The van der Waals surface area contributed by atoms with Crippen LogP contribution < -0.4 is 0 Å². The summed E-state index contributed by atoms with van der Waals surface area (Å²) in [7, 11) is 0. The second-order valence-electron chi connectivity index (χ2n) is 1.01. The summed E-state index contributed by atoms with van der Waals surface area (Å²) in [6, 6.07) is 0. The third-order valence-corrected chi connectivity index (χ3v) is 0.357. The van der Waals surface area contributed by atoms with E-state index in [1.807, 2.05) is 0 Å². The molecular weight excluding hydrogens is 338 g/mol. The van der Waals surface area contributed by atoms with Crippen LogP contribution in [0.2, 0.25) is 0 Å². The third kappa shape index (κ3) is 10.00. The van der Waals surface area contributed by atoms with Crippen LogP contribution in [0, 0.1) is 0 Å². The number of halogens is 2. The van der Waals surface area contributed by atoms with Crippen molar-refractivity contribution in [3.05, 3.63) is 0 Å². The number of carboxylic acids is 1. The number of hydrogen-bond acceptors (Lipinski definition) is 2. The van der Waals surface area contributed by atoms with Gasteiger partial charge in [-0.3, -0.25) is 0 Å². The van der Waals surface area contributed by atoms with Gasteiger partial charge in [0, 0.05) is 37.2 Å². The van der Waals surface area contributed by atoms with Crippen LogP contribution in [0.3, 0.4) is 0 Å². The minimum atomic E-state index is -1.23. The lowest BCUT2D eigenvalue weighted by molar-refractivity contribution is -0.145. The summed E-state index contributed by atoms with van der Waals surface area (Å²) in [4.78, 5) is 9.45. The number of carbonyl (C=O) groups is 1. The molecule has 0 radical (unpaired) electrons. The fraction of sp³-hybridized carbons (Fsp3) is 0.667. The lowest BCUT2D eigenvalue weighted by atomic mass is 10.4. The SMILES string of the molecule is C[C@@H](O)C(=O)O.II. The first-order chi connectivity index (χ1) is 3.64. The van der Waals surface area contributed by atoms with Crippen molar-refractivity contribution < 1.29 is 15.0 Å². The minimum Gasteiger partial charge on any atom is -0.479 e. The van der Waals surface area contributed by atoms with Gasteiger partial charge in [-0.25, -0.2) is 4.79 Å². The third-order valence-electron chi connectivity index (χ3n) is 0.357. The Balaban J connectivity index is 0. The molecule has 8 heavy (non-hydrogen) atoms. The van der Waals surface area contributed by atoms with Crippen LogP contribution in [0.15, 0.2) is 0 Å². The number of aliphatic hydroxyl groups is 1. The van der Waals surface area contributed by atoms with E-state index in [2.05, 4.69) is 37.2 Å². The molecule has 3 nitrogen and oxygen atoms in total. The molecule has 50 valence electrons. The average molecular weight is 344 g/mol. The molecule has 0 saturated heterocycles. The van der Waals surface area contributed by atoms with Crippen LogP contribution in [0.25, 0.3) is 0 Å². The van der Waals surface area contributed by atoms with Gasteiger partial charge in [-0.1, -0.05) is 0 Å². The van der Waals surface area contributed by atoms with Crippen LogP contribution in [0.4, 0.5) is 0 Å².